The molecule has 35 heavy (non-hydrogen) atoms. The lowest BCUT2D eigenvalue weighted by atomic mass is 9.88. The van der Waals surface area contributed by atoms with Crippen molar-refractivity contribution >= 4 is 34.3 Å². The zero-order valence-electron chi connectivity index (χ0n) is 19.2. The van der Waals surface area contributed by atoms with E-state index in [2.05, 4.69) is 13.7 Å². The fourth-order valence-electron chi connectivity index (χ4n) is 4.05. The monoisotopic (exact) mass is 489 g/mol. The van der Waals surface area contributed by atoms with Crippen LogP contribution >= 0.6 is 11.7 Å². The summed E-state index contributed by atoms with van der Waals surface area (Å²) in [5, 5.41) is 11.8. The van der Waals surface area contributed by atoms with Crippen molar-refractivity contribution in [2.45, 2.75) is 25.6 Å². The summed E-state index contributed by atoms with van der Waals surface area (Å²) >= 11 is 1.10. The summed E-state index contributed by atoms with van der Waals surface area (Å²) in [6.45, 7) is 2.62. The van der Waals surface area contributed by atoms with Gasteiger partial charge in [-0.15, -0.1) is 0 Å². The van der Waals surface area contributed by atoms with Crippen molar-refractivity contribution in [3.05, 3.63) is 83.1 Å². The second-order valence-electron chi connectivity index (χ2n) is 8.11. The molecule has 0 fully saturated rings. The lowest BCUT2D eigenvalue weighted by Crippen LogP contribution is -2.29. The van der Waals surface area contributed by atoms with Crippen LogP contribution in [0.1, 0.15) is 30.0 Å². The van der Waals surface area contributed by atoms with Crippen molar-refractivity contribution < 1.29 is 24.1 Å². The van der Waals surface area contributed by atoms with Gasteiger partial charge in [0.05, 0.1) is 31.0 Å². The van der Waals surface area contributed by atoms with Crippen molar-refractivity contribution in [2.75, 3.05) is 13.7 Å². The molecule has 2 aromatic heterocycles. The zero-order valence-corrected chi connectivity index (χ0v) is 20.0. The SMILES string of the molecule is CCCOc1ccc(C2(O)OC(=O)C(c3ccc4nsnc4c3)=C2Cc2ccc(OC)nc2)cc1. The van der Waals surface area contributed by atoms with Gasteiger partial charge < -0.3 is 19.3 Å². The number of aliphatic hydroxyl groups is 1. The summed E-state index contributed by atoms with van der Waals surface area (Å²) in [6, 6.07) is 15.9. The minimum absolute atomic E-state index is 0.232. The minimum atomic E-state index is -1.95. The van der Waals surface area contributed by atoms with Gasteiger partial charge in [0.15, 0.2) is 0 Å². The van der Waals surface area contributed by atoms with Gasteiger partial charge in [-0.25, -0.2) is 9.78 Å². The van der Waals surface area contributed by atoms with Crippen LogP contribution in [-0.4, -0.2) is 38.5 Å². The molecule has 1 N–H and O–H groups in total. The van der Waals surface area contributed by atoms with Crippen LogP contribution in [0.15, 0.2) is 66.4 Å². The number of carbonyl (C=O) groups is 1. The number of nitrogens with zero attached hydrogens (tertiary/aromatic N) is 3. The molecular formula is C26H23N3O5S. The molecule has 0 saturated heterocycles. The fraction of sp³-hybridized carbons (Fsp3) is 0.231. The van der Waals surface area contributed by atoms with Gasteiger partial charge in [0.2, 0.25) is 5.88 Å². The number of carbonyl (C=O) groups excluding carboxylic acids is 1. The van der Waals surface area contributed by atoms with E-state index in [1.165, 1.54) is 0 Å². The van der Waals surface area contributed by atoms with Crippen molar-refractivity contribution in [1.82, 2.24) is 13.7 Å². The molecule has 9 heteroatoms. The Bertz CT molecular complexity index is 1400. The molecule has 1 aliphatic rings. The molecule has 0 bridgehead atoms. The van der Waals surface area contributed by atoms with Gasteiger partial charge in [-0.3, -0.25) is 0 Å². The van der Waals surface area contributed by atoms with Crippen LogP contribution in [0.25, 0.3) is 16.6 Å². The summed E-state index contributed by atoms with van der Waals surface area (Å²) in [4.78, 5) is 17.5. The van der Waals surface area contributed by atoms with Crippen molar-refractivity contribution in [2.24, 2.45) is 0 Å². The molecule has 1 unspecified atom stereocenters. The largest absolute Gasteiger partial charge is 0.494 e. The highest BCUT2D eigenvalue weighted by molar-refractivity contribution is 7.00. The zero-order chi connectivity index (χ0) is 24.4. The van der Waals surface area contributed by atoms with Crippen molar-refractivity contribution in [3.8, 4) is 11.6 Å². The maximum absolute atomic E-state index is 13.2. The van der Waals surface area contributed by atoms with E-state index in [1.807, 2.05) is 13.0 Å². The van der Waals surface area contributed by atoms with Crippen molar-refractivity contribution in [1.29, 1.82) is 0 Å². The molecule has 5 rings (SSSR count). The molecule has 2 aromatic carbocycles. The summed E-state index contributed by atoms with van der Waals surface area (Å²) in [5.41, 5.74) is 3.94. The van der Waals surface area contributed by atoms with Crippen LogP contribution in [-0.2, 0) is 21.7 Å². The van der Waals surface area contributed by atoms with Gasteiger partial charge in [-0.2, -0.15) is 8.75 Å². The van der Waals surface area contributed by atoms with Crippen LogP contribution in [0.2, 0.25) is 0 Å². The summed E-state index contributed by atoms with van der Waals surface area (Å²) in [7, 11) is 1.54. The number of cyclic esters (lactones) is 1. The fourth-order valence-corrected chi connectivity index (χ4v) is 4.57. The molecule has 0 spiro atoms. The number of aromatic nitrogens is 3. The van der Waals surface area contributed by atoms with Gasteiger partial charge in [0.25, 0.3) is 5.79 Å². The van der Waals surface area contributed by atoms with E-state index in [9.17, 15) is 9.90 Å². The summed E-state index contributed by atoms with van der Waals surface area (Å²) < 4.78 is 25.0. The smallest absolute Gasteiger partial charge is 0.342 e. The summed E-state index contributed by atoms with van der Waals surface area (Å²) in [6.07, 6.45) is 2.77. The third-order valence-electron chi connectivity index (χ3n) is 5.80. The quantitative estimate of drug-likeness (QED) is 0.366. The number of rotatable bonds is 8. The second kappa shape index (κ2) is 9.44. The Balaban J connectivity index is 1.61. The molecule has 0 amide bonds. The first-order valence-corrected chi connectivity index (χ1v) is 11.9. The predicted octanol–water partition coefficient (Wildman–Crippen LogP) is 4.28. The van der Waals surface area contributed by atoms with E-state index in [0.717, 1.165) is 29.2 Å². The minimum Gasteiger partial charge on any atom is -0.494 e. The Morgan fingerprint density at radius 1 is 1.06 bits per heavy atom. The number of esters is 1. The van der Waals surface area contributed by atoms with E-state index in [0.29, 0.717) is 46.0 Å². The van der Waals surface area contributed by atoms with E-state index < -0.39 is 11.8 Å². The number of benzene rings is 2. The van der Waals surface area contributed by atoms with Gasteiger partial charge in [-0.1, -0.05) is 19.1 Å². The molecule has 1 aliphatic heterocycles. The Hall–Kier alpha value is -3.82. The Morgan fingerprint density at radius 2 is 1.86 bits per heavy atom. The van der Waals surface area contributed by atoms with Crippen LogP contribution < -0.4 is 9.47 Å². The maximum atomic E-state index is 13.2. The molecule has 8 nitrogen and oxygen atoms in total. The number of hydrogen-bond donors (Lipinski definition) is 1. The van der Waals surface area contributed by atoms with Gasteiger partial charge in [0, 0.05) is 29.8 Å². The third kappa shape index (κ3) is 4.36. The van der Waals surface area contributed by atoms with Crippen molar-refractivity contribution in [3.63, 3.8) is 0 Å². The number of hydrogen-bond acceptors (Lipinski definition) is 9. The average Bonchev–Trinajstić information content (AvgIpc) is 3.45. The predicted molar refractivity (Wildman–Crippen MR) is 131 cm³/mol. The van der Waals surface area contributed by atoms with Crippen LogP contribution in [0.3, 0.4) is 0 Å². The number of fused-ring (bicyclic) bond motifs is 1. The first-order chi connectivity index (χ1) is 17.0. The molecule has 1 atom stereocenters. The van der Waals surface area contributed by atoms with Crippen LogP contribution in [0.4, 0.5) is 0 Å². The topological polar surface area (TPSA) is 104 Å². The second-order valence-corrected chi connectivity index (χ2v) is 8.64. The lowest BCUT2D eigenvalue weighted by Gasteiger charge is -2.26. The van der Waals surface area contributed by atoms with E-state index in [-0.39, 0.29) is 6.42 Å². The van der Waals surface area contributed by atoms with Gasteiger partial charge in [-0.05, 0) is 53.9 Å². The molecule has 4 aromatic rings. The number of pyridine rings is 1. The van der Waals surface area contributed by atoms with Crippen LogP contribution in [0.5, 0.6) is 11.6 Å². The maximum Gasteiger partial charge on any atom is 0.342 e. The van der Waals surface area contributed by atoms with Gasteiger partial charge >= 0.3 is 5.97 Å². The first kappa shape index (κ1) is 22.9. The summed E-state index contributed by atoms with van der Waals surface area (Å²) in [5.74, 6) is -1.42. The highest BCUT2D eigenvalue weighted by Gasteiger charge is 2.48. The molecule has 0 radical (unpaired) electrons. The first-order valence-electron chi connectivity index (χ1n) is 11.2. The number of methoxy groups -OCH3 is 1. The van der Waals surface area contributed by atoms with Crippen LogP contribution in [0, 0.1) is 0 Å². The lowest BCUT2D eigenvalue weighted by molar-refractivity contribution is -0.185. The third-order valence-corrected chi connectivity index (χ3v) is 6.36. The Labute approximate surface area is 206 Å². The highest BCUT2D eigenvalue weighted by atomic mass is 32.1. The molecule has 178 valence electrons. The molecule has 0 saturated carbocycles. The number of ether oxygens (including phenoxy) is 3. The van der Waals surface area contributed by atoms with E-state index >= 15 is 0 Å². The highest BCUT2D eigenvalue weighted by Crippen LogP contribution is 2.45. The van der Waals surface area contributed by atoms with E-state index in [4.69, 9.17) is 14.2 Å². The standard InChI is InChI=1S/C26H23N3O5S/c1-3-12-33-19-8-6-18(7-9-19)26(31)20(13-16-4-11-23(32-2)27-15-16)24(25(30)34-26)17-5-10-21-22(14-17)29-35-28-21/h4-11,14-15,31H,3,12-13H2,1-2H3. The Kier molecular flexibility index (Phi) is 6.19. The normalized spacial score (nSPS) is 17.6. The molecule has 0 aliphatic carbocycles. The Morgan fingerprint density at radius 3 is 2.57 bits per heavy atom. The molecular weight excluding hydrogens is 466 g/mol. The van der Waals surface area contributed by atoms with E-state index in [1.54, 1.807) is 61.8 Å². The average molecular weight is 490 g/mol. The van der Waals surface area contributed by atoms with Gasteiger partial charge in [0.1, 0.15) is 16.8 Å². The molecule has 3 heterocycles.